The van der Waals surface area contributed by atoms with Crippen molar-refractivity contribution < 1.29 is 83.4 Å². The second-order valence-corrected chi connectivity index (χ2v) is 17.3. The van der Waals surface area contributed by atoms with E-state index in [4.69, 9.17) is 5.73 Å². The van der Waals surface area contributed by atoms with Crippen LogP contribution in [0.4, 0.5) is 0 Å². The van der Waals surface area contributed by atoms with Crippen LogP contribution in [0.3, 0.4) is 0 Å². The van der Waals surface area contributed by atoms with Gasteiger partial charge in [0, 0.05) is 12.8 Å². The van der Waals surface area contributed by atoms with Gasteiger partial charge in [0.05, 0.1) is 31.3 Å². The molecule has 1 saturated heterocycles. The lowest BCUT2D eigenvalue weighted by Crippen LogP contribution is -2.62. The van der Waals surface area contributed by atoms with Crippen molar-refractivity contribution in [3.05, 3.63) is 29.8 Å². The Labute approximate surface area is 402 Å². The van der Waals surface area contributed by atoms with Crippen LogP contribution >= 0.6 is 0 Å². The molecule has 9 amide bonds. The zero-order chi connectivity index (χ0) is 53.0. The number of phenolic OH excluding ortho intramolecular Hbond substituents is 1. The molecule has 11 atom stereocenters. The van der Waals surface area contributed by atoms with Crippen molar-refractivity contribution in [2.45, 2.75) is 146 Å². The van der Waals surface area contributed by atoms with Gasteiger partial charge in [0.1, 0.15) is 54.1 Å². The standard InChI is InChI=1S/C43H66N10O17/c1-19(2)15-27(39(65)53-34(22(5)56)42(68)50-29(43(69)70)17-31(44)58)48-37(63)26(12-13-32(59)60)47-40(66)30(18-54)51-35(61)20(3)46-38(64)28(16-23-8-10-24(57)11-9-23)49-41(67)33(21(4)55)52-36(62)25-7-6-14-45-25/h8-11,19-22,25-30,33-34,45,54-57H,6-7,12-18H2,1-5H3,(H2,44,58)(H,46,64)(H,47,66)(H,48,63)(H,49,67)(H,50,68)(H,51,61)(H,52,62)(H,53,65)(H,59,60)(H,69,70)/t20-,21+,22+,25-,26-,27-,28-,29-,30-,33-,34-/m0/s1. The first-order chi connectivity index (χ1) is 32.7. The van der Waals surface area contributed by atoms with E-state index in [1.807, 2.05) is 5.32 Å². The highest BCUT2D eigenvalue weighted by Crippen LogP contribution is 2.13. The van der Waals surface area contributed by atoms with Crippen LogP contribution in [0, 0.1) is 5.92 Å². The smallest absolute Gasteiger partial charge is 0.326 e. The van der Waals surface area contributed by atoms with Crippen molar-refractivity contribution >= 4 is 65.1 Å². The maximum atomic E-state index is 13.7. The van der Waals surface area contributed by atoms with E-state index in [-0.39, 0.29) is 24.5 Å². The monoisotopic (exact) mass is 994 g/mol. The van der Waals surface area contributed by atoms with Crippen LogP contribution in [0.2, 0.25) is 0 Å². The van der Waals surface area contributed by atoms with Gasteiger partial charge in [0.2, 0.25) is 53.2 Å². The minimum Gasteiger partial charge on any atom is -0.508 e. The molecule has 70 heavy (non-hydrogen) atoms. The van der Waals surface area contributed by atoms with E-state index < -0.39 is 158 Å². The van der Waals surface area contributed by atoms with Gasteiger partial charge < -0.3 is 84.2 Å². The molecule has 1 heterocycles. The number of carbonyl (C=O) groups is 11. The summed E-state index contributed by atoms with van der Waals surface area (Å²) in [6.07, 6.45) is -4.38. The molecule has 1 aromatic rings. The number of aliphatic carboxylic acids is 2. The fraction of sp³-hybridized carbons (Fsp3) is 0.605. The van der Waals surface area contributed by atoms with Gasteiger partial charge in [-0.15, -0.1) is 0 Å². The van der Waals surface area contributed by atoms with Crippen LogP contribution in [-0.4, -0.2) is 175 Å². The van der Waals surface area contributed by atoms with Crippen LogP contribution < -0.4 is 53.6 Å². The number of aliphatic hydroxyl groups excluding tert-OH is 3. The Morgan fingerprint density at radius 3 is 1.64 bits per heavy atom. The molecule has 0 spiro atoms. The number of amides is 9. The molecule has 1 fully saturated rings. The van der Waals surface area contributed by atoms with E-state index in [0.717, 1.165) is 6.92 Å². The number of primary amides is 1. The Kier molecular flexibility index (Phi) is 24.1. The summed E-state index contributed by atoms with van der Waals surface area (Å²) >= 11 is 0. The summed E-state index contributed by atoms with van der Waals surface area (Å²) in [7, 11) is 0. The lowest BCUT2D eigenvalue weighted by atomic mass is 10.0. The van der Waals surface area contributed by atoms with Gasteiger partial charge in [0.25, 0.3) is 0 Å². The summed E-state index contributed by atoms with van der Waals surface area (Å²) in [5.74, 6) is -12.8. The van der Waals surface area contributed by atoms with E-state index in [1.165, 1.54) is 38.1 Å². The molecular formula is C43H66N10O17. The van der Waals surface area contributed by atoms with Crippen molar-refractivity contribution in [2.24, 2.45) is 11.7 Å². The third-order valence-electron chi connectivity index (χ3n) is 10.7. The second kappa shape index (κ2) is 28.5. The number of nitrogens with two attached hydrogens (primary N) is 1. The van der Waals surface area contributed by atoms with E-state index >= 15 is 0 Å². The number of rotatable bonds is 29. The summed E-state index contributed by atoms with van der Waals surface area (Å²) in [4.78, 5) is 142. The summed E-state index contributed by atoms with van der Waals surface area (Å²) in [5, 5.41) is 80.8. The van der Waals surface area contributed by atoms with E-state index in [1.54, 1.807) is 13.8 Å². The number of benzene rings is 1. The molecule has 0 bridgehead atoms. The fourth-order valence-corrected chi connectivity index (χ4v) is 6.88. The summed E-state index contributed by atoms with van der Waals surface area (Å²) in [6, 6.07) is -8.30. The molecule has 0 aliphatic carbocycles. The molecule has 1 aliphatic heterocycles. The van der Waals surface area contributed by atoms with Gasteiger partial charge in [-0.05, 0) is 76.6 Å². The average Bonchev–Trinajstić information content (AvgIpc) is 3.82. The molecule has 27 nitrogen and oxygen atoms in total. The number of nitrogens with one attached hydrogen (secondary N) is 9. The van der Waals surface area contributed by atoms with Gasteiger partial charge in [-0.3, -0.25) is 47.9 Å². The molecule has 1 aromatic carbocycles. The SMILES string of the molecule is CC(C)C[C@H](NC(=O)[C@H](CCC(=O)O)NC(=O)[C@H](CO)NC(=O)[C@H](C)NC(=O)[C@H](Cc1ccc(O)cc1)NC(=O)[C@@H](NC(=O)[C@@H]1CCCN1)[C@@H](C)O)C(=O)N[C@H](C(=O)N[C@@H](CC(N)=O)C(=O)O)[C@@H](C)O. The highest BCUT2D eigenvalue weighted by Gasteiger charge is 2.37. The minimum atomic E-state index is -1.84. The first kappa shape index (κ1) is 59.2. The molecule has 390 valence electrons. The van der Waals surface area contributed by atoms with Gasteiger partial charge in [-0.1, -0.05) is 26.0 Å². The zero-order valence-corrected chi connectivity index (χ0v) is 39.4. The highest BCUT2D eigenvalue weighted by molar-refractivity contribution is 5.98. The number of hydrogen-bond donors (Lipinski definition) is 16. The summed E-state index contributed by atoms with van der Waals surface area (Å²) in [6.45, 7) is 6.28. The quantitative estimate of drug-likeness (QED) is 0.0355. The molecule has 0 saturated carbocycles. The van der Waals surface area contributed by atoms with Crippen LogP contribution in [-0.2, 0) is 59.2 Å². The Morgan fingerprint density at radius 2 is 1.14 bits per heavy atom. The van der Waals surface area contributed by atoms with Crippen LogP contribution in [0.15, 0.2) is 24.3 Å². The van der Waals surface area contributed by atoms with E-state index in [0.29, 0.717) is 24.9 Å². The second-order valence-electron chi connectivity index (χ2n) is 17.3. The Balaban J connectivity index is 2.26. The third-order valence-corrected chi connectivity index (χ3v) is 10.7. The van der Waals surface area contributed by atoms with Crippen LogP contribution in [0.5, 0.6) is 5.75 Å². The average molecular weight is 995 g/mol. The predicted octanol–water partition coefficient (Wildman–Crippen LogP) is -5.79. The van der Waals surface area contributed by atoms with Crippen molar-refractivity contribution in [3.8, 4) is 5.75 Å². The maximum Gasteiger partial charge on any atom is 0.326 e. The molecule has 0 radical (unpaired) electrons. The molecular weight excluding hydrogens is 929 g/mol. The van der Waals surface area contributed by atoms with Crippen molar-refractivity contribution in [1.29, 1.82) is 0 Å². The largest absolute Gasteiger partial charge is 0.508 e. The number of carboxylic acid groups (broad SMARTS) is 2. The van der Waals surface area contributed by atoms with Crippen molar-refractivity contribution in [1.82, 2.24) is 47.9 Å². The Morgan fingerprint density at radius 1 is 0.643 bits per heavy atom. The number of hydrogen-bond acceptors (Lipinski definition) is 16. The first-order valence-electron chi connectivity index (χ1n) is 22.4. The lowest BCUT2D eigenvalue weighted by Gasteiger charge is -2.28. The predicted molar refractivity (Wildman–Crippen MR) is 242 cm³/mol. The normalized spacial score (nSPS) is 17.5. The molecule has 0 aromatic heterocycles. The van der Waals surface area contributed by atoms with Gasteiger partial charge in [-0.2, -0.15) is 0 Å². The highest BCUT2D eigenvalue weighted by atomic mass is 16.4. The summed E-state index contributed by atoms with van der Waals surface area (Å²) < 4.78 is 0. The molecule has 1 aliphatic rings. The topological polar surface area (TPSA) is 443 Å². The number of carboxylic acids is 2. The van der Waals surface area contributed by atoms with Gasteiger partial charge in [0.15, 0.2) is 0 Å². The van der Waals surface area contributed by atoms with Crippen molar-refractivity contribution in [3.63, 3.8) is 0 Å². The number of aromatic hydroxyl groups is 1. The maximum absolute atomic E-state index is 13.7. The zero-order valence-electron chi connectivity index (χ0n) is 39.4. The Hall–Kier alpha value is -6.97. The lowest BCUT2D eigenvalue weighted by molar-refractivity contribution is -0.144. The van der Waals surface area contributed by atoms with Crippen molar-refractivity contribution in [2.75, 3.05) is 13.2 Å². The molecule has 2 rings (SSSR count). The summed E-state index contributed by atoms with van der Waals surface area (Å²) in [5.41, 5.74) is 5.48. The van der Waals surface area contributed by atoms with Gasteiger partial charge >= 0.3 is 11.9 Å². The first-order valence-corrected chi connectivity index (χ1v) is 22.4. The number of aliphatic hydroxyl groups is 3. The molecule has 17 N–H and O–H groups in total. The van der Waals surface area contributed by atoms with Crippen LogP contribution in [0.1, 0.15) is 78.7 Å². The minimum absolute atomic E-state index is 0.101. The van der Waals surface area contributed by atoms with E-state index in [2.05, 4.69) is 42.5 Å². The third kappa shape index (κ3) is 19.9. The number of phenols is 1. The Bertz CT molecular complexity index is 2030. The van der Waals surface area contributed by atoms with E-state index in [9.17, 15) is 83.4 Å². The molecule has 27 heteroatoms. The van der Waals surface area contributed by atoms with Gasteiger partial charge in [-0.25, -0.2) is 4.79 Å². The van der Waals surface area contributed by atoms with Crippen LogP contribution in [0.25, 0.3) is 0 Å². The fourth-order valence-electron chi connectivity index (χ4n) is 6.88. The number of carbonyl (C=O) groups excluding carboxylic acids is 9. The molecule has 0 unspecified atom stereocenters.